The molecular formula is C22H30O. The number of fused-ring (bicyclic) bond motifs is 1. The molecule has 0 aliphatic rings. The van der Waals surface area contributed by atoms with E-state index in [9.17, 15) is 4.79 Å². The molecule has 0 bridgehead atoms. The van der Waals surface area contributed by atoms with Crippen LogP contribution >= 0.6 is 0 Å². The quantitative estimate of drug-likeness (QED) is 0.672. The summed E-state index contributed by atoms with van der Waals surface area (Å²) in [6.45, 7) is 12.8. The lowest BCUT2D eigenvalue weighted by Crippen LogP contribution is -2.32. The first-order valence-corrected chi connectivity index (χ1v) is 8.59. The number of hydrogen-bond donors (Lipinski definition) is 0. The first-order chi connectivity index (χ1) is 10.6. The molecule has 0 amide bonds. The minimum atomic E-state index is -0.291. The second-order valence-electron chi connectivity index (χ2n) is 8.92. The number of carbonyl (C=O) groups excluding carboxylic acids is 1. The average Bonchev–Trinajstić information content (AvgIpc) is 2.44. The molecule has 0 aromatic heterocycles. The van der Waals surface area contributed by atoms with Crippen LogP contribution in [-0.4, -0.2) is 5.78 Å². The van der Waals surface area contributed by atoms with Crippen LogP contribution in [0.1, 0.15) is 53.5 Å². The second kappa shape index (κ2) is 6.47. The molecule has 0 spiro atoms. The molecule has 0 saturated carbocycles. The van der Waals surface area contributed by atoms with Crippen molar-refractivity contribution in [2.24, 2.45) is 16.7 Å². The van der Waals surface area contributed by atoms with Gasteiger partial charge < -0.3 is 0 Å². The first kappa shape index (κ1) is 17.7. The van der Waals surface area contributed by atoms with Gasteiger partial charge in [-0.3, -0.25) is 4.79 Å². The van der Waals surface area contributed by atoms with Crippen molar-refractivity contribution in [2.45, 2.75) is 54.4 Å². The van der Waals surface area contributed by atoms with E-state index in [2.05, 4.69) is 63.2 Å². The van der Waals surface area contributed by atoms with E-state index in [-0.39, 0.29) is 16.7 Å². The maximum atomic E-state index is 13.0. The molecule has 0 saturated heterocycles. The minimum absolute atomic E-state index is 0.0702. The van der Waals surface area contributed by atoms with Crippen molar-refractivity contribution >= 4 is 16.6 Å². The van der Waals surface area contributed by atoms with E-state index in [0.29, 0.717) is 5.78 Å². The second-order valence-corrected chi connectivity index (χ2v) is 8.92. The molecule has 0 N–H and O–H groups in total. The number of ketones is 1. The van der Waals surface area contributed by atoms with Crippen LogP contribution < -0.4 is 0 Å². The molecule has 2 aromatic rings. The van der Waals surface area contributed by atoms with Crippen LogP contribution in [0.15, 0.2) is 42.5 Å². The van der Waals surface area contributed by atoms with Gasteiger partial charge in [0.05, 0.1) is 0 Å². The predicted octanol–water partition coefficient (Wildman–Crippen LogP) is 6.05. The Bertz CT molecular complexity index is 678. The van der Waals surface area contributed by atoms with Gasteiger partial charge in [0.1, 0.15) is 5.78 Å². The van der Waals surface area contributed by atoms with Crippen LogP contribution in [0.5, 0.6) is 0 Å². The molecule has 0 radical (unpaired) electrons. The Kier molecular flexibility index (Phi) is 4.98. The lowest BCUT2D eigenvalue weighted by molar-refractivity contribution is -0.131. The third-order valence-electron chi connectivity index (χ3n) is 4.32. The van der Waals surface area contributed by atoms with E-state index >= 15 is 0 Å². The highest BCUT2D eigenvalue weighted by Crippen LogP contribution is 2.33. The van der Waals surface area contributed by atoms with E-state index in [1.54, 1.807) is 0 Å². The summed E-state index contributed by atoms with van der Waals surface area (Å²) >= 11 is 0. The Balaban J connectivity index is 2.38. The Hall–Kier alpha value is -1.63. The number of hydrogen-bond acceptors (Lipinski definition) is 1. The largest absolute Gasteiger partial charge is 0.299 e. The number of rotatable bonds is 4. The van der Waals surface area contributed by atoms with Gasteiger partial charge in [0.15, 0.2) is 0 Å². The monoisotopic (exact) mass is 310 g/mol. The number of carbonyl (C=O) groups is 1. The van der Waals surface area contributed by atoms with Crippen molar-refractivity contribution < 1.29 is 4.79 Å². The van der Waals surface area contributed by atoms with Crippen LogP contribution in [0, 0.1) is 16.7 Å². The van der Waals surface area contributed by atoms with Crippen LogP contribution in [0.4, 0.5) is 0 Å². The lowest BCUT2D eigenvalue weighted by Gasteiger charge is -2.30. The smallest absolute Gasteiger partial charge is 0.141 e. The maximum Gasteiger partial charge on any atom is 0.141 e. The van der Waals surface area contributed by atoms with E-state index < -0.39 is 0 Å². The van der Waals surface area contributed by atoms with E-state index in [1.807, 2.05) is 20.8 Å². The molecule has 124 valence electrons. The molecule has 2 aromatic carbocycles. The fourth-order valence-electron chi connectivity index (χ4n) is 3.35. The average molecular weight is 310 g/mol. The minimum Gasteiger partial charge on any atom is -0.299 e. The fourth-order valence-corrected chi connectivity index (χ4v) is 3.35. The van der Waals surface area contributed by atoms with Gasteiger partial charge in [0, 0.05) is 11.3 Å². The SMILES string of the molecule is CC(C)(C)C[C@H](Cc1cccc2ccccc12)C(=O)C(C)(C)C. The summed E-state index contributed by atoms with van der Waals surface area (Å²) in [5.74, 6) is 0.446. The molecule has 0 aliphatic heterocycles. The highest BCUT2D eigenvalue weighted by molar-refractivity contribution is 5.89. The van der Waals surface area contributed by atoms with Gasteiger partial charge in [0.25, 0.3) is 0 Å². The third kappa shape index (κ3) is 4.67. The van der Waals surface area contributed by atoms with E-state index in [4.69, 9.17) is 0 Å². The molecule has 1 heteroatoms. The van der Waals surface area contributed by atoms with Crippen molar-refractivity contribution in [1.82, 2.24) is 0 Å². The van der Waals surface area contributed by atoms with E-state index in [1.165, 1.54) is 16.3 Å². The summed E-state index contributed by atoms with van der Waals surface area (Å²) in [4.78, 5) is 13.0. The van der Waals surface area contributed by atoms with Gasteiger partial charge in [0.2, 0.25) is 0 Å². The molecule has 0 heterocycles. The molecule has 23 heavy (non-hydrogen) atoms. The van der Waals surface area contributed by atoms with Crippen molar-refractivity contribution in [3.8, 4) is 0 Å². The summed E-state index contributed by atoms with van der Waals surface area (Å²) < 4.78 is 0. The van der Waals surface area contributed by atoms with Gasteiger partial charge in [-0.15, -0.1) is 0 Å². The number of benzene rings is 2. The van der Waals surface area contributed by atoms with Gasteiger partial charge in [-0.25, -0.2) is 0 Å². The van der Waals surface area contributed by atoms with Gasteiger partial charge in [-0.2, -0.15) is 0 Å². The topological polar surface area (TPSA) is 17.1 Å². The highest BCUT2D eigenvalue weighted by Gasteiger charge is 2.32. The molecule has 0 unspecified atom stereocenters. The molecule has 0 fully saturated rings. The third-order valence-corrected chi connectivity index (χ3v) is 4.32. The Labute approximate surface area is 141 Å². The lowest BCUT2D eigenvalue weighted by atomic mass is 9.73. The van der Waals surface area contributed by atoms with Crippen LogP contribution in [-0.2, 0) is 11.2 Å². The maximum absolute atomic E-state index is 13.0. The van der Waals surface area contributed by atoms with Crippen LogP contribution in [0.25, 0.3) is 10.8 Å². The Morgan fingerprint density at radius 2 is 1.52 bits per heavy atom. The molecule has 0 aliphatic carbocycles. The first-order valence-electron chi connectivity index (χ1n) is 8.59. The molecular weight excluding hydrogens is 280 g/mol. The van der Waals surface area contributed by atoms with Crippen molar-refractivity contribution in [2.75, 3.05) is 0 Å². The van der Waals surface area contributed by atoms with Gasteiger partial charge in [-0.1, -0.05) is 84.0 Å². The molecule has 1 nitrogen and oxygen atoms in total. The predicted molar refractivity (Wildman–Crippen MR) is 99.7 cm³/mol. The summed E-state index contributed by atoms with van der Waals surface area (Å²) in [5, 5.41) is 2.53. The van der Waals surface area contributed by atoms with Gasteiger partial charge in [-0.05, 0) is 34.6 Å². The normalized spacial score (nSPS) is 14.0. The van der Waals surface area contributed by atoms with Crippen molar-refractivity contribution in [3.05, 3.63) is 48.0 Å². The summed E-state index contributed by atoms with van der Waals surface area (Å²) in [6.07, 6.45) is 1.75. The summed E-state index contributed by atoms with van der Waals surface area (Å²) in [6, 6.07) is 14.9. The number of Topliss-reactive ketones (excluding diaryl/α,β-unsaturated/α-hetero) is 1. The fraction of sp³-hybridized carbons (Fsp3) is 0.500. The van der Waals surface area contributed by atoms with Gasteiger partial charge >= 0.3 is 0 Å². The molecule has 1 atom stereocenters. The molecule has 2 rings (SSSR count). The standard InChI is InChI=1S/C22H30O/c1-21(2,3)15-18(20(23)22(4,5)6)14-17-12-9-11-16-10-7-8-13-19(16)17/h7-13,18H,14-15H2,1-6H3/t18-/m0/s1. The zero-order valence-corrected chi connectivity index (χ0v) is 15.4. The van der Waals surface area contributed by atoms with Crippen LogP contribution in [0.2, 0.25) is 0 Å². The Morgan fingerprint density at radius 3 is 2.13 bits per heavy atom. The summed E-state index contributed by atoms with van der Waals surface area (Å²) in [7, 11) is 0. The van der Waals surface area contributed by atoms with Crippen LogP contribution in [0.3, 0.4) is 0 Å². The zero-order chi connectivity index (χ0) is 17.3. The zero-order valence-electron chi connectivity index (χ0n) is 15.4. The van der Waals surface area contributed by atoms with Crippen molar-refractivity contribution in [1.29, 1.82) is 0 Å². The summed E-state index contributed by atoms with van der Waals surface area (Å²) in [5.41, 5.74) is 1.14. The Morgan fingerprint density at radius 1 is 0.913 bits per heavy atom. The highest BCUT2D eigenvalue weighted by atomic mass is 16.1. The van der Waals surface area contributed by atoms with E-state index in [0.717, 1.165) is 12.8 Å². The van der Waals surface area contributed by atoms with Crippen molar-refractivity contribution in [3.63, 3.8) is 0 Å².